The molecule has 518 valence electrons. The molecule has 1 aliphatic rings. The lowest BCUT2D eigenvalue weighted by atomic mass is 10.0. The Balaban J connectivity index is 0.000000186. The highest BCUT2D eigenvalue weighted by molar-refractivity contribution is 5.85. The van der Waals surface area contributed by atoms with Gasteiger partial charge in [-0.3, -0.25) is 14.4 Å². The number of amides is 1. The highest BCUT2D eigenvalue weighted by atomic mass is 35.5. The van der Waals surface area contributed by atoms with E-state index in [-0.39, 0.29) is 64.9 Å². The molecule has 0 aliphatic carbocycles. The molecule has 0 bridgehead atoms. The summed E-state index contributed by atoms with van der Waals surface area (Å²) in [6, 6.07) is 17.8. The van der Waals surface area contributed by atoms with Gasteiger partial charge in [0.1, 0.15) is 0 Å². The number of rotatable bonds is 12. The van der Waals surface area contributed by atoms with E-state index in [9.17, 15) is 67.1 Å². The lowest BCUT2D eigenvalue weighted by molar-refractivity contribution is -0.147. The first kappa shape index (κ1) is 75.6. The zero-order chi connectivity index (χ0) is 70.3. The quantitative estimate of drug-likeness (QED) is 0.0676. The Hall–Kier alpha value is -10.5. The highest BCUT2D eigenvalue weighted by Gasteiger charge is 2.41. The van der Waals surface area contributed by atoms with Gasteiger partial charge in [-0.2, -0.15) is 101 Å². The summed E-state index contributed by atoms with van der Waals surface area (Å²) in [4.78, 5) is 36.6. The number of carbonyl (C=O) groups is 3. The molecule has 2 atom stereocenters. The van der Waals surface area contributed by atoms with Crippen molar-refractivity contribution in [1.82, 2.24) is 109 Å². The molecular formula is C57H60ClF12N23O4. The fraction of sp³-hybridized carbons (Fsp3) is 0.368. The maximum absolute atomic E-state index is 12.9. The van der Waals surface area contributed by atoms with Gasteiger partial charge in [0.25, 0.3) is 23.3 Å². The average molecular weight is 1390 g/mol. The molecule has 0 radical (unpaired) electrons. The normalized spacial score (nSPS) is 13.5. The van der Waals surface area contributed by atoms with Gasteiger partial charge in [0.15, 0.2) is 40.3 Å². The van der Waals surface area contributed by atoms with Crippen molar-refractivity contribution in [2.24, 2.45) is 17.6 Å². The number of nitrogens with zero attached hydrogens (tertiary/aromatic N) is 22. The molecule has 97 heavy (non-hydrogen) atoms. The third-order valence-electron chi connectivity index (χ3n) is 13.6. The lowest BCUT2D eigenvalue weighted by Crippen LogP contribution is -2.25. The average Bonchev–Trinajstić information content (AvgIpc) is 1.69. The van der Waals surface area contributed by atoms with Crippen LogP contribution in [0.25, 0.3) is 45.7 Å². The molecule has 11 heterocycles. The molecule has 12 rings (SSSR count). The van der Waals surface area contributed by atoms with Crippen molar-refractivity contribution in [3.05, 3.63) is 149 Å². The third-order valence-corrected chi connectivity index (χ3v) is 13.6. The van der Waals surface area contributed by atoms with Gasteiger partial charge < -0.3 is 20.3 Å². The molecular weight excluding hydrogens is 1330 g/mol. The molecule has 1 saturated heterocycles. The van der Waals surface area contributed by atoms with Gasteiger partial charge in [-0.1, -0.05) is 57.0 Å². The van der Waals surface area contributed by atoms with E-state index in [1.54, 1.807) is 65.9 Å². The number of nitrogens with two attached hydrogens (primary N) is 1. The zero-order valence-corrected chi connectivity index (χ0v) is 53.0. The molecule has 40 heteroatoms. The molecule has 2 N–H and O–H groups in total. The van der Waals surface area contributed by atoms with E-state index in [1.165, 1.54) is 37.8 Å². The van der Waals surface area contributed by atoms with Gasteiger partial charge in [0, 0.05) is 81.5 Å². The monoisotopic (exact) mass is 1390 g/mol. The van der Waals surface area contributed by atoms with Crippen molar-refractivity contribution in [2.45, 2.75) is 91.0 Å². The minimum atomic E-state index is -4.64. The lowest BCUT2D eigenvalue weighted by Gasteiger charge is -2.16. The van der Waals surface area contributed by atoms with Gasteiger partial charge in [0.05, 0.1) is 18.9 Å². The third kappa shape index (κ3) is 19.4. The first-order chi connectivity index (χ1) is 45.4. The second-order valence-corrected chi connectivity index (χ2v) is 21.0. The van der Waals surface area contributed by atoms with Crippen LogP contribution in [0.4, 0.5) is 52.7 Å². The summed E-state index contributed by atoms with van der Waals surface area (Å²) in [5, 5.41) is 52.9. The van der Waals surface area contributed by atoms with E-state index in [2.05, 4.69) is 88.1 Å². The van der Waals surface area contributed by atoms with Crippen LogP contribution in [0.15, 0.2) is 97.8 Å². The van der Waals surface area contributed by atoms with Crippen LogP contribution in [0.2, 0.25) is 0 Å². The zero-order valence-electron chi connectivity index (χ0n) is 52.2. The second kappa shape index (κ2) is 32.8. The number of aryl methyl sites for hydroxylation is 2. The summed E-state index contributed by atoms with van der Waals surface area (Å²) in [5.74, 6) is -3.41. The van der Waals surface area contributed by atoms with Crippen molar-refractivity contribution in [3.8, 4) is 11.4 Å². The number of hydrogen-bond donors (Lipinski definition) is 1. The number of esters is 1. The topological polar surface area (TPSA) is 308 Å². The standard InChI is InChI=1S/C14H16F3N5O.C12H10N4.C10H10F3N5.C7H3F3N4O.C7H5F3N4.C7H15NO2.ClH/c1-2-3-9-6-11(23)21(7-9)8-10-4-5-18-22-12(10)19-20-13(22)14(15,16)17;1-9-7-8-13-16-11(9)14-15-12(16)10-5-3-2-4-6-10;1-17(2)6-4-7-3-5-14-18-8(7)15-16-9(18)10(11,12)13;8-7(9,10)6-13-12-5-4(3-15)1-2-11-14(5)6;1-4-2-5-12-13-6(7(8,9)10)14(5)11-3-4;1-3-6(5-8)4-7(9)10-2;/h4-5,9H,2-3,6-8H2,1H3;2-8H,1H3;3-6H,1-2H3;1-3H;2-3H,1H3;6H,3-5,8H2,1-2H3;1H/b;;6-4+;;;;. The Morgan fingerprint density at radius 1 is 0.649 bits per heavy atom. The van der Waals surface area contributed by atoms with Crippen LogP contribution in [0.1, 0.15) is 102 Å². The van der Waals surface area contributed by atoms with E-state index in [4.69, 9.17) is 5.73 Å². The van der Waals surface area contributed by atoms with E-state index >= 15 is 0 Å². The first-order valence-electron chi connectivity index (χ1n) is 28.6. The summed E-state index contributed by atoms with van der Waals surface area (Å²) in [5.41, 5.74) is 10.0. The number of aldehydes is 1. The molecule has 0 spiro atoms. The summed E-state index contributed by atoms with van der Waals surface area (Å²) in [6.07, 6.45) is -4.06. The van der Waals surface area contributed by atoms with Gasteiger partial charge in [-0.25, -0.2) is 0 Å². The molecule has 1 aliphatic heterocycles. The smallest absolute Gasteiger partial charge is 0.453 e. The maximum atomic E-state index is 12.9. The number of benzene rings is 1. The van der Waals surface area contributed by atoms with Crippen LogP contribution in [0.3, 0.4) is 0 Å². The van der Waals surface area contributed by atoms with Crippen LogP contribution in [-0.2, 0) is 45.6 Å². The highest BCUT2D eigenvalue weighted by Crippen LogP contribution is 2.32. The number of halogens is 13. The van der Waals surface area contributed by atoms with Crippen LogP contribution in [0.5, 0.6) is 0 Å². The van der Waals surface area contributed by atoms with E-state index < -0.39 is 48.0 Å². The molecule has 1 amide bonds. The van der Waals surface area contributed by atoms with E-state index in [0.717, 1.165) is 53.6 Å². The van der Waals surface area contributed by atoms with Crippen molar-refractivity contribution in [1.29, 1.82) is 0 Å². The van der Waals surface area contributed by atoms with Crippen molar-refractivity contribution < 1.29 is 71.8 Å². The number of ether oxygens (including phenoxy) is 1. The van der Waals surface area contributed by atoms with Crippen LogP contribution >= 0.6 is 12.4 Å². The van der Waals surface area contributed by atoms with Crippen molar-refractivity contribution >= 4 is 64.9 Å². The Kier molecular flexibility index (Phi) is 25.5. The number of carbonyl (C=O) groups excluding carboxylic acids is 3. The Bertz CT molecular complexity index is 4430. The number of alkyl halides is 12. The Labute approximate surface area is 547 Å². The van der Waals surface area contributed by atoms with Crippen molar-refractivity contribution in [3.63, 3.8) is 0 Å². The van der Waals surface area contributed by atoms with Gasteiger partial charge >= 0.3 is 30.7 Å². The number of hydrogen-bond acceptors (Lipinski definition) is 21. The summed E-state index contributed by atoms with van der Waals surface area (Å²) >= 11 is 0. The number of aromatic nitrogens is 20. The summed E-state index contributed by atoms with van der Waals surface area (Å²) in [6.45, 7) is 9.21. The Morgan fingerprint density at radius 3 is 1.69 bits per heavy atom. The van der Waals surface area contributed by atoms with E-state index in [1.807, 2.05) is 50.2 Å². The number of fused-ring (bicyclic) bond motifs is 5. The van der Waals surface area contributed by atoms with Gasteiger partial charge in [0.2, 0.25) is 5.91 Å². The fourth-order valence-corrected chi connectivity index (χ4v) is 8.89. The van der Waals surface area contributed by atoms with Crippen LogP contribution < -0.4 is 5.73 Å². The van der Waals surface area contributed by atoms with Gasteiger partial charge in [-0.05, 0) is 92.4 Å². The molecule has 0 saturated carbocycles. The summed E-state index contributed by atoms with van der Waals surface area (Å²) < 4.78 is 159. The maximum Gasteiger partial charge on any atom is 0.453 e. The predicted octanol–water partition coefficient (Wildman–Crippen LogP) is 9.43. The minimum Gasteiger partial charge on any atom is -0.469 e. The molecule has 11 aromatic rings. The molecule has 27 nitrogen and oxygen atoms in total. The largest absolute Gasteiger partial charge is 0.469 e. The van der Waals surface area contributed by atoms with Crippen LogP contribution in [0, 0.1) is 25.7 Å². The fourth-order valence-electron chi connectivity index (χ4n) is 8.89. The van der Waals surface area contributed by atoms with Crippen molar-refractivity contribution in [2.75, 3.05) is 34.3 Å². The minimum absolute atomic E-state index is 0. The number of methoxy groups -OCH3 is 1. The second-order valence-electron chi connectivity index (χ2n) is 21.0. The van der Waals surface area contributed by atoms with Gasteiger partial charge in [-0.15, -0.1) is 63.4 Å². The Morgan fingerprint density at radius 2 is 1.15 bits per heavy atom. The summed E-state index contributed by atoms with van der Waals surface area (Å²) in [7, 11) is 5.01. The molecule has 2 unspecified atom stereocenters. The first-order valence-corrected chi connectivity index (χ1v) is 28.6. The predicted molar refractivity (Wildman–Crippen MR) is 322 cm³/mol. The molecule has 1 fully saturated rings. The van der Waals surface area contributed by atoms with E-state index in [0.29, 0.717) is 67.3 Å². The SMILES string of the molecule is CCC(CN)CC(=O)OC.CCCC1CC(=O)N(Cc2ccnn3c(C(F)(F)F)nnc23)C1.CN(C)/C=C/c1ccnn2c(C(F)(F)F)nnc12.Cc1ccnn2c(-c3ccccc3)nnc12.Cc1cnn2c(C(F)(F)F)nnc2c1.Cl.O=Cc1ccnn2c(C(F)(F)F)nnc12. The van der Waals surface area contributed by atoms with Crippen LogP contribution in [-0.4, -0.2) is 161 Å². The number of likely N-dealkylation sites (tertiary alicyclic amines) is 1. The molecule has 10 aromatic heterocycles. The molecule has 1 aromatic carbocycles.